The number of rotatable bonds is 4. The lowest BCUT2D eigenvalue weighted by Crippen LogP contribution is -2.34. The van der Waals surface area contributed by atoms with Crippen LogP contribution >= 0.6 is 28.1 Å². The summed E-state index contributed by atoms with van der Waals surface area (Å²) in [5.74, 6) is -0.340. The summed E-state index contributed by atoms with van der Waals surface area (Å²) in [6, 6.07) is 14.1. The number of anilines is 2. The van der Waals surface area contributed by atoms with E-state index in [0.717, 1.165) is 4.47 Å². The van der Waals surface area contributed by atoms with Gasteiger partial charge in [-0.05, 0) is 54.7 Å². The van der Waals surface area contributed by atoms with E-state index in [2.05, 4.69) is 31.9 Å². The van der Waals surface area contributed by atoms with Crippen molar-refractivity contribution in [2.75, 3.05) is 10.6 Å². The molecular weight excluding hydrogens is 390 g/mol. The average molecular weight is 406 g/mol. The summed E-state index contributed by atoms with van der Waals surface area (Å²) in [5, 5.41) is 8.50. The van der Waals surface area contributed by atoms with Crippen LogP contribution in [-0.4, -0.2) is 16.9 Å². The van der Waals surface area contributed by atoms with Crippen LogP contribution in [0.25, 0.3) is 0 Å². The number of hydrogen-bond acceptors (Lipinski definition) is 3. The maximum Gasteiger partial charge on any atom is 0.257 e. The minimum Gasteiger partial charge on any atom is -0.332 e. The Morgan fingerprint density at radius 3 is 2.25 bits per heavy atom. The van der Waals surface area contributed by atoms with E-state index in [1.807, 2.05) is 6.07 Å². The standard InChI is InChI=1S/C17H16BrN3O2S/c1-2-15(22)19-13-6-8-14(9-7-13)20-17(24)21-16(23)11-4-3-5-12(18)10-11/h3-10H,2H2,1H3,(H,19,22)(H2,20,21,23,24). The van der Waals surface area contributed by atoms with Crippen molar-refractivity contribution >= 4 is 56.4 Å². The van der Waals surface area contributed by atoms with Crippen molar-refractivity contribution in [2.24, 2.45) is 0 Å². The highest BCUT2D eigenvalue weighted by atomic mass is 79.9. The Balaban J connectivity index is 1.92. The summed E-state index contributed by atoms with van der Waals surface area (Å²) in [4.78, 5) is 23.4. The first-order valence-corrected chi connectivity index (χ1v) is 8.46. The normalized spacial score (nSPS) is 9.92. The van der Waals surface area contributed by atoms with Gasteiger partial charge in [0.15, 0.2) is 5.11 Å². The second-order valence-corrected chi connectivity index (χ2v) is 6.22. The molecule has 0 aliphatic heterocycles. The number of halogens is 1. The Bertz CT molecular complexity index is 763. The van der Waals surface area contributed by atoms with Crippen LogP contribution in [0.15, 0.2) is 53.0 Å². The van der Waals surface area contributed by atoms with Gasteiger partial charge in [-0.25, -0.2) is 0 Å². The Morgan fingerprint density at radius 2 is 1.67 bits per heavy atom. The van der Waals surface area contributed by atoms with E-state index in [-0.39, 0.29) is 16.9 Å². The lowest BCUT2D eigenvalue weighted by atomic mass is 10.2. The van der Waals surface area contributed by atoms with Crippen molar-refractivity contribution < 1.29 is 9.59 Å². The van der Waals surface area contributed by atoms with Crippen LogP contribution in [0.3, 0.4) is 0 Å². The molecule has 2 rings (SSSR count). The molecule has 0 fully saturated rings. The summed E-state index contributed by atoms with van der Waals surface area (Å²) < 4.78 is 0.818. The molecule has 5 nitrogen and oxygen atoms in total. The number of carbonyl (C=O) groups is 2. The second kappa shape index (κ2) is 8.56. The van der Waals surface area contributed by atoms with Gasteiger partial charge in [0, 0.05) is 27.8 Å². The van der Waals surface area contributed by atoms with Crippen molar-refractivity contribution in [3.05, 3.63) is 58.6 Å². The molecule has 124 valence electrons. The van der Waals surface area contributed by atoms with Crippen molar-refractivity contribution in [1.82, 2.24) is 5.32 Å². The van der Waals surface area contributed by atoms with E-state index >= 15 is 0 Å². The van der Waals surface area contributed by atoms with Crippen LogP contribution in [0, 0.1) is 0 Å². The van der Waals surface area contributed by atoms with Gasteiger partial charge in [-0.1, -0.05) is 28.9 Å². The molecule has 24 heavy (non-hydrogen) atoms. The van der Waals surface area contributed by atoms with Gasteiger partial charge < -0.3 is 10.6 Å². The fourth-order valence-corrected chi connectivity index (χ4v) is 2.46. The molecule has 0 atom stereocenters. The second-order valence-electron chi connectivity index (χ2n) is 4.90. The fourth-order valence-electron chi connectivity index (χ4n) is 1.85. The number of benzene rings is 2. The van der Waals surface area contributed by atoms with Gasteiger partial charge in [0.25, 0.3) is 5.91 Å². The van der Waals surface area contributed by atoms with Gasteiger partial charge >= 0.3 is 0 Å². The molecule has 0 unspecified atom stereocenters. The van der Waals surface area contributed by atoms with E-state index in [0.29, 0.717) is 23.4 Å². The topological polar surface area (TPSA) is 70.2 Å². The molecule has 0 aromatic heterocycles. The number of nitrogens with one attached hydrogen (secondary N) is 3. The zero-order valence-electron chi connectivity index (χ0n) is 12.9. The van der Waals surface area contributed by atoms with Crippen LogP contribution < -0.4 is 16.0 Å². The molecule has 0 heterocycles. The molecule has 0 radical (unpaired) electrons. The smallest absolute Gasteiger partial charge is 0.257 e. The number of amides is 2. The third-order valence-electron chi connectivity index (χ3n) is 3.06. The Kier molecular flexibility index (Phi) is 6.45. The van der Waals surface area contributed by atoms with Gasteiger partial charge in [-0.15, -0.1) is 0 Å². The first-order valence-electron chi connectivity index (χ1n) is 7.25. The van der Waals surface area contributed by atoms with Gasteiger partial charge in [0.1, 0.15) is 0 Å². The highest BCUT2D eigenvalue weighted by molar-refractivity contribution is 9.10. The highest BCUT2D eigenvalue weighted by Gasteiger charge is 2.08. The first-order chi connectivity index (χ1) is 11.5. The Hall–Kier alpha value is -2.25. The van der Waals surface area contributed by atoms with Crippen LogP contribution in [0.5, 0.6) is 0 Å². The minimum absolute atomic E-state index is 0.0486. The van der Waals surface area contributed by atoms with E-state index < -0.39 is 0 Å². The maximum absolute atomic E-state index is 12.1. The molecule has 3 N–H and O–H groups in total. The van der Waals surface area contributed by atoms with Crippen LogP contribution in [0.1, 0.15) is 23.7 Å². The SMILES string of the molecule is CCC(=O)Nc1ccc(NC(=S)NC(=O)c2cccc(Br)c2)cc1. The largest absolute Gasteiger partial charge is 0.332 e. The summed E-state index contributed by atoms with van der Waals surface area (Å²) in [6.07, 6.45) is 0.422. The lowest BCUT2D eigenvalue weighted by molar-refractivity contribution is -0.115. The minimum atomic E-state index is -0.291. The van der Waals surface area contributed by atoms with Gasteiger partial charge in [0.2, 0.25) is 5.91 Å². The maximum atomic E-state index is 12.1. The third kappa shape index (κ3) is 5.43. The first kappa shape index (κ1) is 18.1. The molecular formula is C17H16BrN3O2S. The van der Waals surface area contributed by atoms with Crippen molar-refractivity contribution in [3.8, 4) is 0 Å². The van der Waals surface area contributed by atoms with Crippen LogP contribution in [0.2, 0.25) is 0 Å². The van der Waals surface area contributed by atoms with Crippen molar-refractivity contribution in [1.29, 1.82) is 0 Å². The van der Waals surface area contributed by atoms with E-state index in [1.165, 1.54) is 0 Å². The molecule has 0 aliphatic rings. The number of hydrogen-bond donors (Lipinski definition) is 3. The third-order valence-corrected chi connectivity index (χ3v) is 3.76. The molecule has 0 saturated carbocycles. The zero-order chi connectivity index (χ0) is 17.5. The van der Waals surface area contributed by atoms with Crippen molar-refractivity contribution in [2.45, 2.75) is 13.3 Å². The van der Waals surface area contributed by atoms with Gasteiger partial charge in [-0.2, -0.15) is 0 Å². The predicted octanol–water partition coefficient (Wildman–Crippen LogP) is 3.92. The quantitative estimate of drug-likeness (QED) is 0.674. The van der Waals surface area contributed by atoms with E-state index in [9.17, 15) is 9.59 Å². The Morgan fingerprint density at radius 1 is 1.04 bits per heavy atom. The molecule has 0 aliphatic carbocycles. The van der Waals surface area contributed by atoms with Crippen LogP contribution in [-0.2, 0) is 4.79 Å². The van der Waals surface area contributed by atoms with E-state index in [1.54, 1.807) is 49.4 Å². The summed E-state index contributed by atoms with van der Waals surface area (Å²) in [6.45, 7) is 1.79. The summed E-state index contributed by atoms with van der Waals surface area (Å²) >= 11 is 8.46. The van der Waals surface area contributed by atoms with Crippen molar-refractivity contribution in [3.63, 3.8) is 0 Å². The van der Waals surface area contributed by atoms with Gasteiger partial charge in [0.05, 0.1) is 0 Å². The monoisotopic (exact) mass is 405 g/mol. The molecule has 0 saturated heterocycles. The van der Waals surface area contributed by atoms with Crippen LogP contribution in [0.4, 0.5) is 11.4 Å². The average Bonchev–Trinajstić information content (AvgIpc) is 2.56. The Labute approximate surface area is 154 Å². The zero-order valence-corrected chi connectivity index (χ0v) is 15.3. The molecule has 2 amide bonds. The van der Waals surface area contributed by atoms with E-state index in [4.69, 9.17) is 12.2 Å². The number of thiocarbonyl (C=S) groups is 1. The number of carbonyl (C=O) groups excluding carboxylic acids is 2. The van der Waals surface area contributed by atoms with Gasteiger partial charge in [-0.3, -0.25) is 14.9 Å². The molecule has 0 bridgehead atoms. The highest BCUT2D eigenvalue weighted by Crippen LogP contribution is 2.14. The molecule has 2 aromatic rings. The molecule has 2 aromatic carbocycles. The molecule has 7 heteroatoms. The summed E-state index contributed by atoms with van der Waals surface area (Å²) in [7, 11) is 0. The predicted molar refractivity (Wildman–Crippen MR) is 103 cm³/mol. The fraction of sp³-hybridized carbons (Fsp3) is 0.118. The molecule has 0 spiro atoms. The summed E-state index contributed by atoms with van der Waals surface area (Å²) in [5.41, 5.74) is 1.92. The lowest BCUT2D eigenvalue weighted by Gasteiger charge is -2.10.